The van der Waals surface area contributed by atoms with Crippen LogP contribution in [-0.4, -0.2) is 19.9 Å². The van der Waals surface area contributed by atoms with Crippen molar-refractivity contribution >= 4 is 98.4 Å². The van der Waals surface area contributed by atoms with Crippen LogP contribution in [0.4, 0.5) is 34.6 Å². The van der Waals surface area contributed by atoms with Crippen molar-refractivity contribution < 1.29 is 0 Å². The maximum atomic E-state index is 4.71. The molecular formula is C26H16Br4N6. The minimum atomic E-state index is 0.722. The number of aromatic nitrogens is 4. The summed E-state index contributed by atoms with van der Waals surface area (Å²) in [6.45, 7) is 0. The van der Waals surface area contributed by atoms with E-state index in [1.165, 1.54) is 0 Å². The molecule has 0 saturated carbocycles. The van der Waals surface area contributed by atoms with Crippen LogP contribution in [-0.2, 0) is 0 Å². The van der Waals surface area contributed by atoms with Crippen LogP contribution in [0.2, 0.25) is 0 Å². The normalized spacial score (nSPS) is 10.8. The number of halogens is 4. The van der Waals surface area contributed by atoms with Crippen LogP contribution in [0.1, 0.15) is 0 Å². The van der Waals surface area contributed by atoms with Gasteiger partial charge in [0.2, 0.25) is 0 Å². The topological polar surface area (TPSA) is 58.0 Å². The van der Waals surface area contributed by atoms with Gasteiger partial charge in [-0.1, -0.05) is 30.3 Å². The van der Waals surface area contributed by atoms with Gasteiger partial charge >= 0.3 is 0 Å². The summed E-state index contributed by atoms with van der Waals surface area (Å²) in [6, 6.07) is 31.3. The number of hydrogen-bond donors (Lipinski definition) is 0. The molecule has 36 heavy (non-hydrogen) atoms. The fourth-order valence-electron chi connectivity index (χ4n) is 3.62. The second-order valence-corrected chi connectivity index (χ2v) is 10.7. The number of pyridine rings is 4. The summed E-state index contributed by atoms with van der Waals surface area (Å²) in [4.78, 5) is 22.8. The van der Waals surface area contributed by atoms with Gasteiger partial charge in [-0.3, -0.25) is 9.80 Å². The molecule has 0 bridgehead atoms. The summed E-state index contributed by atoms with van der Waals surface area (Å²) in [5.41, 5.74) is 1.75. The number of hydrogen-bond acceptors (Lipinski definition) is 6. The quantitative estimate of drug-likeness (QED) is 0.162. The summed E-state index contributed by atoms with van der Waals surface area (Å²) >= 11 is 14.0. The van der Waals surface area contributed by atoms with Gasteiger partial charge in [-0.15, -0.1) is 0 Å². The molecule has 6 nitrogen and oxygen atoms in total. The first-order valence-corrected chi connectivity index (χ1v) is 13.9. The molecule has 0 fully saturated rings. The van der Waals surface area contributed by atoms with Gasteiger partial charge in [0.1, 0.15) is 41.7 Å². The van der Waals surface area contributed by atoms with Gasteiger partial charge in [0.15, 0.2) is 0 Å². The lowest BCUT2D eigenvalue weighted by atomic mass is 10.2. The summed E-state index contributed by atoms with van der Waals surface area (Å²) in [7, 11) is 0. The van der Waals surface area contributed by atoms with Crippen molar-refractivity contribution in [2.45, 2.75) is 0 Å². The fourth-order valence-corrected chi connectivity index (χ4v) is 4.96. The highest BCUT2D eigenvalue weighted by atomic mass is 79.9. The zero-order valence-corrected chi connectivity index (χ0v) is 24.8. The Balaban J connectivity index is 1.69. The summed E-state index contributed by atoms with van der Waals surface area (Å²) in [5.74, 6) is 2.89. The molecule has 178 valence electrons. The van der Waals surface area contributed by atoms with Crippen molar-refractivity contribution in [3.63, 3.8) is 0 Å². The predicted molar refractivity (Wildman–Crippen MR) is 158 cm³/mol. The third-order valence-corrected chi connectivity index (χ3v) is 6.83. The Morgan fingerprint density at radius 2 is 0.667 bits per heavy atom. The minimum Gasteiger partial charge on any atom is -0.279 e. The van der Waals surface area contributed by atoms with Crippen molar-refractivity contribution in [3.05, 3.63) is 115 Å². The van der Waals surface area contributed by atoms with Crippen LogP contribution in [0.25, 0.3) is 0 Å². The number of rotatable bonds is 6. The Kier molecular flexibility index (Phi) is 7.76. The fraction of sp³-hybridized carbons (Fsp3) is 0. The lowest BCUT2D eigenvalue weighted by molar-refractivity contribution is 1.09. The van der Waals surface area contributed by atoms with E-state index in [-0.39, 0.29) is 0 Å². The van der Waals surface area contributed by atoms with E-state index in [9.17, 15) is 0 Å². The highest BCUT2D eigenvalue weighted by Crippen LogP contribution is 2.39. The van der Waals surface area contributed by atoms with E-state index in [1.807, 2.05) is 101 Å². The summed E-state index contributed by atoms with van der Waals surface area (Å²) < 4.78 is 2.92. The zero-order chi connectivity index (χ0) is 25.1. The van der Waals surface area contributed by atoms with Crippen LogP contribution in [0, 0.1) is 0 Å². The summed E-state index contributed by atoms with van der Waals surface area (Å²) in [6.07, 6.45) is 0. The Morgan fingerprint density at radius 1 is 0.389 bits per heavy atom. The van der Waals surface area contributed by atoms with E-state index in [0.29, 0.717) is 0 Å². The third-order valence-electron chi connectivity index (χ3n) is 5.06. The molecule has 0 aliphatic carbocycles. The number of nitrogens with zero attached hydrogens (tertiary/aromatic N) is 6. The van der Waals surface area contributed by atoms with Crippen LogP contribution < -0.4 is 9.80 Å². The highest BCUT2D eigenvalue weighted by molar-refractivity contribution is 9.11. The maximum absolute atomic E-state index is 4.71. The van der Waals surface area contributed by atoms with E-state index in [0.717, 1.165) is 53.1 Å². The molecule has 0 aliphatic rings. The first-order chi connectivity index (χ1) is 17.5. The molecular weight excluding hydrogens is 716 g/mol. The Morgan fingerprint density at radius 3 is 0.944 bits per heavy atom. The van der Waals surface area contributed by atoms with Crippen molar-refractivity contribution in [2.24, 2.45) is 0 Å². The van der Waals surface area contributed by atoms with E-state index in [1.54, 1.807) is 0 Å². The van der Waals surface area contributed by atoms with Crippen molar-refractivity contribution in [2.75, 3.05) is 9.80 Å². The third kappa shape index (κ3) is 5.67. The first-order valence-electron chi connectivity index (χ1n) is 10.7. The van der Waals surface area contributed by atoms with Gasteiger partial charge in [-0.25, -0.2) is 19.9 Å². The molecule has 0 aliphatic heterocycles. The van der Waals surface area contributed by atoms with Gasteiger partial charge in [0.25, 0.3) is 0 Å². The van der Waals surface area contributed by atoms with Crippen LogP contribution >= 0.6 is 63.7 Å². The average molecular weight is 732 g/mol. The van der Waals surface area contributed by atoms with Crippen LogP contribution in [0.5, 0.6) is 0 Å². The largest absolute Gasteiger partial charge is 0.279 e. The Labute approximate surface area is 242 Å². The number of benzene rings is 1. The van der Waals surface area contributed by atoms with E-state index < -0.39 is 0 Å². The van der Waals surface area contributed by atoms with Gasteiger partial charge in [0, 0.05) is 0 Å². The SMILES string of the molecule is Brc1cccc(N(c2cccc(N(c3cccc(Br)n3)c3cccc(Br)n3)c2)c2cccc(Br)n2)n1. The maximum Gasteiger partial charge on any atom is 0.140 e. The van der Waals surface area contributed by atoms with Gasteiger partial charge < -0.3 is 0 Å². The van der Waals surface area contributed by atoms with Gasteiger partial charge in [-0.05, 0) is 130 Å². The molecule has 10 heteroatoms. The lowest BCUT2D eigenvalue weighted by Gasteiger charge is -2.27. The van der Waals surface area contributed by atoms with E-state index in [4.69, 9.17) is 19.9 Å². The molecule has 4 heterocycles. The molecule has 0 spiro atoms. The van der Waals surface area contributed by atoms with Crippen LogP contribution in [0.15, 0.2) is 115 Å². The monoisotopic (exact) mass is 728 g/mol. The van der Waals surface area contributed by atoms with Gasteiger partial charge in [0.05, 0.1) is 11.4 Å². The molecule has 0 amide bonds. The molecule has 0 saturated heterocycles. The molecule has 0 radical (unpaired) electrons. The van der Waals surface area contributed by atoms with Crippen LogP contribution in [0.3, 0.4) is 0 Å². The van der Waals surface area contributed by atoms with Crippen molar-refractivity contribution in [3.8, 4) is 0 Å². The predicted octanol–water partition coefficient (Wildman–Crippen LogP) is 9.26. The summed E-state index contributed by atoms with van der Waals surface area (Å²) in [5, 5.41) is 0. The molecule has 1 aromatic carbocycles. The standard InChI is InChI=1S/C26H16Br4N6/c27-19-8-2-12-23(31-19)35(24-13-3-9-20(28)32-24)17-6-1-7-18(16-17)36(25-14-4-10-21(29)33-25)26-15-5-11-22(30)34-26/h1-16H. The first kappa shape index (κ1) is 25.0. The lowest BCUT2D eigenvalue weighted by Crippen LogP contribution is -2.16. The molecule has 5 rings (SSSR count). The molecule has 0 atom stereocenters. The van der Waals surface area contributed by atoms with Crippen molar-refractivity contribution in [1.29, 1.82) is 0 Å². The Hall–Kier alpha value is -2.66. The second-order valence-electron chi connectivity index (χ2n) is 7.46. The average Bonchev–Trinajstić information content (AvgIpc) is 2.85. The number of anilines is 6. The highest BCUT2D eigenvalue weighted by Gasteiger charge is 2.20. The Bertz CT molecular complexity index is 1330. The van der Waals surface area contributed by atoms with E-state index in [2.05, 4.69) is 69.8 Å². The van der Waals surface area contributed by atoms with Gasteiger partial charge in [-0.2, -0.15) is 0 Å². The minimum absolute atomic E-state index is 0.722. The molecule has 0 N–H and O–H groups in total. The smallest absolute Gasteiger partial charge is 0.140 e. The second kappa shape index (κ2) is 11.2. The zero-order valence-electron chi connectivity index (χ0n) is 18.4. The molecule has 5 aromatic rings. The molecule has 0 unspecified atom stereocenters. The van der Waals surface area contributed by atoms with Crippen molar-refractivity contribution in [1.82, 2.24) is 19.9 Å². The molecule has 4 aromatic heterocycles. The van der Waals surface area contributed by atoms with E-state index >= 15 is 0 Å².